The SMILES string of the molecule is O=C1C(O)=CC(C2C=C(O)C(=O)C(O)=C2)C=C1O. The molecule has 0 bridgehead atoms. The monoisotopic (exact) mass is 250 g/mol. The summed E-state index contributed by atoms with van der Waals surface area (Å²) in [6.45, 7) is 0. The summed E-state index contributed by atoms with van der Waals surface area (Å²) in [6.07, 6.45) is 4.71. The second-order valence-corrected chi connectivity index (χ2v) is 4.02. The van der Waals surface area contributed by atoms with Gasteiger partial charge in [0.05, 0.1) is 0 Å². The third kappa shape index (κ3) is 1.88. The fourth-order valence-corrected chi connectivity index (χ4v) is 1.84. The van der Waals surface area contributed by atoms with Crippen molar-refractivity contribution < 1.29 is 30.0 Å². The molecule has 0 fully saturated rings. The molecule has 0 radical (unpaired) electrons. The molecule has 6 heteroatoms. The predicted octanol–water partition coefficient (Wildman–Crippen LogP) is 1.15. The van der Waals surface area contributed by atoms with Gasteiger partial charge in [-0.1, -0.05) is 0 Å². The minimum absolute atomic E-state index is 0.613. The first-order valence-electron chi connectivity index (χ1n) is 5.12. The first-order chi connectivity index (χ1) is 8.40. The van der Waals surface area contributed by atoms with E-state index in [4.69, 9.17) is 0 Å². The molecule has 0 aromatic carbocycles. The van der Waals surface area contributed by atoms with Crippen molar-refractivity contribution in [2.24, 2.45) is 11.8 Å². The first kappa shape index (κ1) is 12.0. The van der Waals surface area contributed by atoms with Gasteiger partial charge in [-0.3, -0.25) is 9.59 Å². The van der Waals surface area contributed by atoms with Crippen LogP contribution in [0.25, 0.3) is 0 Å². The minimum Gasteiger partial charge on any atom is -0.504 e. The topological polar surface area (TPSA) is 115 Å². The van der Waals surface area contributed by atoms with Crippen LogP contribution in [0.2, 0.25) is 0 Å². The molecule has 0 aliphatic heterocycles. The van der Waals surface area contributed by atoms with Crippen LogP contribution in [0.3, 0.4) is 0 Å². The summed E-state index contributed by atoms with van der Waals surface area (Å²) in [6, 6.07) is 0. The Morgan fingerprint density at radius 3 is 1.06 bits per heavy atom. The second-order valence-electron chi connectivity index (χ2n) is 4.02. The number of aliphatic hydroxyl groups is 4. The molecular weight excluding hydrogens is 240 g/mol. The Balaban J connectivity index is 2.35. The van der Waals surface area contributed by atoms with Crippen molar-refractivity contribution in [2.75, 3.05) is 0 Å². The summed E-state index contributed by atoms with van der Waals surface area (Å²) < 4.78 is 0. The molecule has 0 unspecified atom stereocenters. The van der Waals surface area contributed by atoms with Crippen LogP contribution in [0.1, 0.15) is 0 Å². The standard InChI is InChI=1S/C12H10O6/c13-7-1-5(2-8(14)11(7)17)6-3-9(15)12(18)10(16)4-6/h1-6,13-16H. The number of hydrogen-bond acceptors (Lipinski definition) is 6. The first-order valence-corrected chi connectivity index (χ1v) is 5.12. The van der Waals surface area contributed by atoms with E-state index in [-0.39, 0.29) is 0 Å². The molecule has 2 rings (SSSR count). The molecule has 0 amide bonds. The normalized spacial score (nSPS) is 22.2. The second kappa shape index (κ2) is 4.06. The molecule has 2 aliphatic carbocycles. The highest BCUT2D eigenvalue weighted by Crippen LogP contribution is 2.29. The Labute approximate surface area is 101 Å². The van der Waals surface area contributed by atoms with E-state index in [1.807, 2.05) is 0 Å². The molecule has 6 nitrogen and oxygen atoms in total. The van der Waals surface area contributed by atoms with Gasteiger partial charge in [0.15, 0.2) is 23.0 Å². The molecule has 94 valence electrons. The maximum absolute atomic E-state index is 11.1. The molecular formula is C12H10O6. The lowest BCUT2D eigenvalue weighted by Crippen LogP contribution is -2.22. The molecule has 0 spiro atoms. The molecule has 0 saturated carbocycles. The largest absolute Gasteiger partial charge is 0.504 e. The van der Waals surface area contributed by atoms with Gasteiger partial charge in [0.2, 0.25) is 0 Å². The zero-order valence-corrected chi connectivity index (χ0v) is 9.07. The van der Waals surface area contributed by atoms with Crippen molar-refractivity contribution >= 4 is 11.6 Å². The van der Waals surface area contributed by atoms with Crippen LogP contribution in [0, 0.1) is 11.8 Å². The van der Waals surface area contributed by atoms with E-state index in [1.165, 1.54) is 24.3 Å². The number of allylic oxidation sites excluding steroid dienone is 4. The van der Waals surface area contributed by atoms with Gasteiger partial charge in [-0.2, -0.15) is 0 Å². The van der Waals surface area contributed by atoms with Crippen LogP contribution in [0.4, 0.5) is 0 Å². The summed E-state index contributed by atoms with van der Waals surface area (Å²) >= 11 is 0. The van der Waals surface area contributed by atoms with Gasteiger partial charge in [0.25, 0.3) is 11.6 Å². The summed E-state index contributed by atoms with van der Waals surface area (Å²) in [5.74, 6) is -5.51. The lowest BCUT2D eigenvalue weighted by molar-refractivity contribution is -0.118. The number of carbonyl (C=O) groups excluding carboxylic acids is 2. The maximum Gasteiger partial charge on any atom is 0.260 e. The smallest absolute Gasteiger partial charge is 0.260 e. The highest BCUT2D eigenvalue weighted by atomic mass is 16.3. The molecule has 0 aromatic rings. The van der Waals surface area contributed by atoms with E-state index in [9.17, 15) is 30.0 Å². The Bertz CT molecular complexity index is 455. The summed E-state index contributed by atoms with van der Waals surface area (Å²) in [5, 5.41) is 37.2. The van der Waals surface area contributed by atoms with Gasteiger partial charge >= 0.3 is 0 Å². The Morgan fingerprint density at radius 1 is 0.611 bits per heavy atom. The van der Waals surface area contributed by atoms with E-state index in [2.05, 4.69) is 0 Å². The van der Waals surface area contributed by atoms with Gasteiger partial charge in [0, 0.05) is 11.8 Å². The fourth-order valence-electron chi connectivity index (χ4n) is 1.84. The van der Waals surface area contributed by atoms with Crippen molar-refractivity contribution in [3.63, 3.8) is 0 Å². The van der Waals surface area contributed by atoms with Crippen LogP contribution in [0.5, 0.6) is 0 Å². The highest BCUT2D eigenvalue weighted by molar-refractivity contribution is 6.06. The van der Waals surface area contributed by atoms with E-state index >= 15 is 0 Å². The minimum atomic E-state index is -0.889. The van der Waals surface area contributed by atoms with E-state index < -0.39 is 46.4 Å². The van der Waals surface area contributed by atoms with Crippen molar-refractivity contribution in [2.45, 2.75) is 0 Å². The van der Waals surface area contributed by atoms with Crippen molar-refractivity contribution in [1.82, 2.24) is 0 Å². The summed E-state index contributed by atoms with van der Waals surface area (Å²) in [5.41, 5.74) is 0. The van der Waals surface area contributed by atoms with Gasteiger partial charge in [-0.05, 0) is 24.3 Å². The lowest BCUT2D eigenvalue weighted by atomic mass is 9.84. The maximum atomic E-state index is 11.1. The van der Waals surface area contributed by atoms with Gasteiger partial charge in [-0.25, -0.2) is 0 Å². The summed E-state index contributed by atoms with van der Waals surface area (Å²) in [4.78, 5) is 22.2. The molecule has 4 N–H and O–H groups in total. The number of rotatable bonds is 1. The molecule has 18 heavy (non-hydrogen) atoms. The van der Waals surface area contributed by atoms with Crippen LogP contribution >= 0.6 is 0 Å². The molecule has 0 saturated heterocycles. The summed E-state index contributed by atoms with van der Waals surface area (Å²) in [7, 11) is 0. The highest BCUT2D eigenvalue weighted by Gasteiger charge is 2.30. The molecule has 0 atom stereocenters. The fraction of sp³-hybridized carbons (Fsp3) is 0.167. The molecule has 0 aromatic heterocycles. The number of carbonyl (C=O) groups is 2. The lowest BCUT2D eigenvalue weighted by Gasteiger charge is -2.22. The number of Topliss-reactive ketones (excluding diaryl/α,β-unsaturated/α-hetero) is 2. The average molecular weight is 250 g/mol. The van der Waals surface area contributed by atoms with Crippen LogP contribution < -0.4 is 0 Å². The quantitative estimate of drug-likeness (QED) is 0.555. The van der Waals surface area contributed by atoms with Crippen LogP contribution in [-0.4, -0.2) is 32.0 Å². The Hall–Kier alpha value is -2.50. The van der Waals surface area contributed by atoms with E-state index in [0.29, 0.717) is 0 Å². The Morgan fingerprint density at radius 2 is 0.833 bits per heavy atom. The third-order valence-corrected chi connectivity index (χ3v) is 2.78. The number of ketones is 2. The predicted molar refractivity (Wildman–Crippen MR) is 59.8 cm³/mol. The van der Waals surface area contributed by atoms with E-state index in [0.717, 1.165) is 0 Å². The van der Waals surface area contributed by atoms with Crippen LogP contribution in [-0.2, 0) is 9.59 Å². The van der Waals surface area contributed by atoms with Crippen molar-refractivity contribution in [3.8, 4) is 0 Å². The van der Waals surface area contributed by atoms with Gasteiger partial charge in [-0.15, -0.1) is 0 Å². The van der Waals surface area contributed by atoms with Crippen molar-refractivity contribution in [1.29, 1.82) is 0 Å². The zero-order chi connectivity index (χ0) is 13.4. The Kier molecular flexibility index (Phi) is 2.70. The number of hydrogen-bond donors (Lipinski definition) is 4. The zero-order valence-electron chi connectivity index (χ0n) is 9.07. The van der Waals surface area contributed by atoms with Crippen LogP contribution in [0.15, 0.2) is 47.3 Å². The van der Waals surface area contributed by atoms with Gasteiger partial charge in [0.1, 0.15) is 0 Å². The molecule has 2 aliphatic rings. The number of aliphatic hydroxyl groups excluding tert-OH is 4. The van der Waals surface area contributed by atoms with Crippen molar-refractivity contribution in [3.05, 3.63) is 47.3 Å². The average Bonchev–Trinajstić information content (AvgIpc) is 2.31. The third-order valence-electron chi connectivity index (χ3n) is 2.78. The van der Waals surface area contributed by atoms with Gasteiger partial charge < -0.3 is 20.4 Å². The molecule has 0 heterocycles. The van der Waals surface area contributed by atoms with E-state index in [1.54, 1.807) is 0 Å².